The minimum atomic E-state index is 0. The van der Waals surface area contributed by atoms with E-state index in [0.29, 0.717) is 0 Å². The van der Waals surface area contributed by atoms with Crippen molar-refractivity contribution in [3.63, 3.8) is 0 Å². The third-order valence-electron chi connectivity index (χ3n) is 3.80. The maximum Gasteiger partial charge on any atom is 0.240 e. The van der Waals surface area contributed by atoms with Crippen molar-refractivity contribution in [2.75, 3.05) is 13.1 Å². The van der Waals surface area contributed by atoms with Crippen LogP contribution in [-0.2, 0) is 17.8 Å². The Balaban J connectivity index is 0.00000120. The molecule has 2 heterocycles. The van der Waals surface area contributed by atoms with E-state index in [2.05, 4.69) is 29.6 Å². The van der Waals surface area contributed by atoms with E-state index >= 15 is 0 Å². The summed E-state index contributed by atoms with van der Waals surface area (Å²) in [5.74, 6) is 0.289. The molecule has 1 aromatic rings. The highest BCUT2D eigenvalue weighted by atomic mass is 35.5. The van der Waals surface area contributed by atoms with Crippen LogP contribution in [-0.4, -0.2) is 29.9 Å². The van der Waals surface area contributed by atoms with Gasteiger partial charge in [0.15, 0.2) is 0 Å². The average molecular weight is 267 g/mol. The minimum Gasteiger partial charge on any atom is -0.337 e. The van der Waals surface area contributed by atoms with Crippen LogP contribution in [0.1, 0.15) is 24.0 Å². The molecular weight excluding hydrogens is 248 g/mol. The standard InChI is InChI=1S/C14H18N2O.ClH/c17-14(13-6-3-8-15-13)16-9-7-11-4-1-2-5-12(11)10-16;/h1-2,4-5,13,15H,3,6-10H2;1H/t13-;/m0./s1. The van der Waals surface area contributed by atoms with Gasteiger partial charge in [0.05, 0.1) is 6.04 Å². The van der Waals surface area contributed by atoms with Crippen LogP contribution in [0.25, 0.3) is 0 Å². The largest absolute Gasteiger partial charge is 0.337 e. The highest BCUT2D eigenvalue weighted by molar-refractivity contribution is 5.85. The number of carbonyl (C=O) groups is 1. The van der Waals surface area contributed by atoms with Gasteiger partial charge in [-0.25, -0.2) is 0 Å². The number of amides is 1. The predicted molar refractivity (Wildman–Crippen MR) is 73.8 cm³/mol. The van der Waals surface area contributed by atoms with Gasteiger partial charge >= 0.3 is 0 Å². The number of benzene rings is 1. The molecule has 0 spiro atoms. The zero-order valence-corrected chi connectivity index (χ0v) is 11.2. The Bertz CT molecular complexity index is 430. The maximum absolute atomic E-state index is 12.3. The van der Waals surface area contributed by atoms with Gasteiger partial charge < -0.3 is 10.2 Å². The molecule has 1 aromatic carbocycles. The summed E-state index contributed by atoms with van der Waals surface area (Å²) in [5, 5.41) is 3.29. The molecular formula is C14H19ClN2O. The molecule has 98 valence electrons. The van der Waals surface area contributed by atoms with Crippen LogP contribution in [0.5, 0.6) is 0 Å². The SMILES string of the molecule is Cl.O=C([C@@H]1CCCN1)N1CCc2ccccc2C1. The number of halogens is 1. The van der Waals surface area contributed by atoms with Gasteiger partial charge in [-0.15, -0.1) is 12.4 Å². The number of nitrogens with one attached hydrogen (secondary N) is 1. The van der Waals surface area contributed by atoms with Crippen molar-refractivity contribution in [2.45, 2.75) is 31.8 Å². The van der Waals surface area contributed by atoms with Gasteiger partial charge in [-0.05, 0) is 36.9 Å². The third-order valence-corrected chi connectivity index (χ3v) is 3.80. The summed E-state index contributed by atoms with van der Waals surface area (Å²) >= 11 is 0. The Hall–Kier alpha value is -1.06. The molecule has 1 saturated heterocycles. The van der Waals surface area contributed by atoms with E-state index in [1.807, 2.05) is 4.90 Å². The van der Waals surface area contributed by atoms with E-state index in [4.69, 9.17) is 0 Å². The molecule has 0 aliphatic carbocycles. The van der Waals surface area contributed by atoms with Gasteiger partial charge in [-0.3, -0.25) is 4.79 Å². The second-order valence-corrected chi connectivity index (χ2v) is 4.93. The fourth-order valence-electron chi connectivity index (χ4n) is 2.80. The van der Waals surface area contributed by atoms with Crippen molar-refractivity contribution in [3.05, 3.63) is 35.4 Å². The molecule has 0 aromatic heterocycles. The zero-order valence-electron chi connectivity index (χ0n) is 10.4. The van der Waals surface area contributed by atoms with Gasteiger partial charge in [0.25, 0.3) is 0 Å². The lowest BCUT2D eigenvalue weighted by Gasteiger charge is -2.30. The van der Waals surface area contributed by atoms with E-state index in [0.717, 1.165) is 38.9 Å². The van der Waals surface area contributed by atoms with E-state index < -0.39 is 0 Å². The Morgan fingerprint density at radius 3 is 2.78 bits per heavy atom. The maximum atomic E-state index is 12.3. The zero-order chi connectivity index (χ0) is 11.7. The van der Waals surface area contributed by atoms with Gasteiger partial charge in [-0.1, -0.05) is 24.3 Å². The first-order valence-electron chi connectivity index (χ1n) is 6.43. The molecule has 2 aliphatic heterocycles. The summed E-state index contributed by atoms with van der Waals surface area (Å²) in [5.41, 5.74) is 2.71. The van der Waals surface area contributed by atoms with Crippen LogP contribution in [0.2, 0.25) is 0 Å². The summed E-state index contributed by atoms with van der Waals surface area (Å²) in [6, 6.07) is 8.51. The number of hydrogen-bond acceptors (Lipinski definition) is 2. The fourth-order valence-corrected chi connectivity index (χ4v) is 2.80. The Morgan fingerprint density at radius 2 is 2.06 bits per heavy atom. The minimum absolute atomic E-state index is 0. The Labute approximate surface area is 114 Å². The second-order valence-electron chi connectivity index (χ2n) is 4.93. The molecule has 0 unspecified atom stereocenters. The van der Waals surface area contributed by atoms with Gasteiger partial charge in [0, 0.05) is 13.1 Å². The normalized spacial score (nSPS) is 22.2. The number of nitrogens with zero attached hydrogens (tertiary/aromatic N) is 1. The first-order valence-corrected chi connectivity index (χ1v) is 6.43. The molecule has 4 heteroatoms. The first kappa shape index (κ1) is 13.4. The second kappa shape index (κ2) is 5.72. The van der Waals surface area contributed by atoms with E-state index in [-0.39, 0.29) is 24.4 Å². The number of rotatable bonds is 1. The van der Waals surface area contributed by atoms with Crippen molar-refractivity contribution < 1.29 is 4.79 Å². The molecule has 0 saturated carbocycles. The number of hydrogen-bond donors (Lipinski definition) is 1. The Morgan fingerprint density at radius 1 is 1.28 bits per heavy atom. The highest BCUT2D eigenvalue weighted by Crippen LogP contribution is 2.20. The van der Waals surface area contributed by atoms with E-state index in [1.165, 1.54) is 11.1 Å². The Kier molecular flexibility index (Phi) is 4.25. The summed E-state index contributed by atoms with van der Waals surface area (Å²) in [6.45, 7) is 2.64. The van der Waals surface area contributed by atoms with Crippen LogP contribution in [0.3, 0.4) is 0 Å². The molecule has 1 fully saturated rings. The van der Waals surface area contributed by atoms with Crippen LogP contribution < -0.4 is 5.32 Å². The molecule has 0 bridgehead atoms. The van der Waals surface area contributed by atoms with E-state index in [1.54, 1.807) is 0 Å². The van der Waals surface area contributed by atoms with Crippen LogP contribution in [0.4, 0.5) is 0 Å². The quantitative estimate of drug-likeness (QED) is 0.840. The number of carbonyl (C=O) groups excluding carboxylic acids is 1. The van der Waals surface area contributed by atoms with Gasteiger partial charge in [-0.2, -0.15) is 0 Å². The van der Waals surface area contributed by atoms with Crippen LogP contribution in [0, 0.1) is 0 Å². The predicted octanol–water partition coefficient (Wildman–Crippen LogP) is 1.75. The highest BCUT2D eigenvalue weighted by Gasteiger charge is 2.28. The molecule has 18 heavy (non-hydrogen) atoms. The first-order chi connectivity index (χ1) is 8.34. The molecule has 3 rings (SSSR count). The summed E-state index contributed by atoms with van der Waals surface area (Å²) in [7, 11) is 0. The fraction of sp³-hybridized carbons (Fsp3) is 0.500. The topological polar surface area (TPSA) is 32.3 Å². The van der Waals surface area contributed by atoms with Crippen molar-refractivity contribution in [1.82, 2.24) is 10.2 Å². The summed E-state index contributed by atoms with van der Waals surface area (Å²) < 4.78 is 0. The monoisotopic (exact) mass is 266 g/mol. The summed E-state index contributed by atoms with van der Waals surface area (Å²) in [6.07, 6.45) is 3.12. The van der Waals surface area contributed by atoms with Gasteiger partial charge in [0.2, 0.25) is 5.91 Å². The lowest BCUT2D eigenvalue weighted by Crippen LogP contribution is -2.45. The summed E-state index contributed by atoms with van der Waals surface area (Å²) in [4.78, 5) is 14.3. The molecule has 1 N–H and O–H groups in total. The average Bonchev–Trinajstić information content (AvgIpc) is 2.91. The molecule has 3 nitrogen and oxygen atoms in total. The lowest BCUT2D eigenvalue weighted by molar-refractivity contribution is -0.134. The van der Waals surface area contributed by atoms with Crippen molar-refractivity contribution in [1.29, 1.82) is 0 Å². The smallest absolute Gasteiger partial charge is 0.240 e. The van der Waals surface area contributed by atoms with Crippen molar-refractivity contribution in [2.24, 2.45) is 0 Å². The van der Waals surface area contributed by atoms with Crippen molar-refractivity contribution >= 4 is 18.3 Å². The third kappa shape index (κ3) is 2.52. The van der Waals surface area contributed by atoms with Crippen molar-refractivity contribution in [3.8, 4) is 0 Å². The molecule has 0 radical (unpaired) electrons. The van der Waals surface area contributed by atoms with E-state index in [9.17, 15) is 4.79 Å². The van der Waals surface area contributed by atoms with Gasteiger partial charge in [0.1, 0.15) is 0 Å². The number of fused-ring (bicyclic) bond motifs is 1. The molecule has 1 amide bonds. The van der Waals surface area contributed by atoms with Crippen LogP contribution in [0.15, 0.2) is 24.3 Å². The molecule has 2 aliphatic rings. The molecule has 1 atom stereocenters. The lowest BCUT2D eigenvalue weighted by atomic mass is 9.99. The van der Waals surface area contributed by atoms with Crippen LogP contribution >= 0.6 is 12.4 Å².